The Morgan fingerprint density at radius 3 is 2.13 bits per heavy atom. The fourth-order valence-corrected chi connectivity index (χ4v) is 3.94. The minimum absolute atomic E-state index is 0.0549. The van der Waals surface area contributed by atoms with Crippen molar-refractivity contribution in [2.75, 3.05) is 0 Å². The van der Waals surface area contributed by atoms with Crippen molar-refractivity contribution in [3.63, 3.8) is 0 Å². The fourth-order valence-electron chi connectivity index (χ4n) is 3.94. The number of carbonyl (C=O) groups excluding carboxylic acids is 3. The third kappa shape index (κ3) is 7.40. The Morgan fingerprint density at radius 2 is 1.47 bits per heavy atom. The number of aliphatic hydroxyl groups is 1. The van der Waals surface area contributed by atoms with Crippen LogP contribution in [0.1, 0.15) is 25.0 Å². The molecule has 1 heterocycles. The van der Waals surface area contributed by atoms with Gasteiger partial charge in [-0.05, 0) is 31.0 Å². The topological polar surface area (TPSA) is 187 Å². The van der Waals surface area contributed by atoms with Gasteiger partial charge >= 0.3 is 5.97 Å². The summed E-state index contributed by atoms with van der Waals surface area (Å²) in [6.07, 6.45) is 0.720. The molecule has 0 aliphatic heterocycles. The Labute approximate surface area is 219 Å². The van der Waals surface area contributed by atoms with Gasteiger partial charge in [-0.15, -0.1) is 0 Å². The van der Waals surface area contributed by atoms with Gasteiger partial charge in [-0.3, -0.25) is 14.4 Å². The van der Waals surface area contributed by atoms with E-state index in [1.165, 1.54) is 13.8 Å². The first-order valence-electron chi connectivity index (χ1n) is 12.2. The van der Waals surface area contributed by atoms with Crippen LogP contribution < -0.4 is 21.7 Å². The molecule has 0 aliphatic carbocycles. The summed E-state index contributed by atoms with van der Waals surface area (Å²) in [5.74, 6) is -3.31. The second kappa shape index (κ2) is 12.8. The van der Waals surface area contributed by atoms with Gasteiger partial charge in [0.15, 0.2) is 0 Å². The van der Waals surface area contributed by atoms with Crippen molar-refractivity contribution >= 4 is 34.6 Å². The number of carboxylic acids is 1. The van der Waals surface area contributed by atoms with Crippen molar-refractivity contribution in [1.82, 2.24) is 20.9 Å². The molecular weight excluding hydrogens is 490 g/mol. The molecule has 38 heavy (non-hydrogen) atoms. The number of amides is 3. The maximum absolute atomic E-state index is 13.3. The van der Waals surface area contributed by atoms with Gasteiger partial charge in [0.1, 0.15) is 24.2 Å². The number of aliphatic hydroxyl groups excluding tert-OH is 1. The highest BCUT2D eigenvalue weighted by Gasteiger charge is 2.30. The average molecular weight is 524 g/mol. The molecule has 0 fully saturated rings. The van der Waals surface area contributed by atoms with Gasteiger partial charge in [0.05, 0.1) is 6.10 Å². The number of aliphatic carboxylic acids is 1. The summed E-state index contributed by atoms with van der Waals surface area (Å²) < 4.78 is 0. The first kappa shape index (κ1) is 28.4. The predicted octanol–water partition coefficient (Wildman–Crippen LogP) is 0.220. The number of hydrogen-bond donors (Lipinski definition) is 7. The van der Waals surface area contributed by atoms with Crippen molar-refractivity contribution < 1.29 is 29.4 Å². The van der Waals surface area contributed by atoms with E-state index in [0.29, 0.717) is 0 Å². The van der Waals surface area contributed by atoms with Crippen LogP contribution in [0.25, 0.3) is 10.9 Å². The molecule has 2 aromatic carbocycles. The number of benzene rings is 2. The Bertz CT molecular complexity index is 1280. The third-order valence-electron chi connectivity index (χ3n) is 6.20. The summed E-state index contributed by atoms with van der Waals surface area (Å²) in [6, 6.07) is 11.6. The average Bonchev–Trinajstić information content (AvgIpc) is 3.30. The zero-order valence-corrected chi connectivity index (χ0v) is 21.2. The molecule has 8 N–H and O–H groups in total. The van der Waals surface area contributed by atoms with Crippen LogP contribution in [0.2, 0.25) is 0 Å². The lowest BCUT2D eigenvalue weighted by Gasteiger charge is -2.24. The minimum atomic E-state index is -1.23. The lowest BCUT2D eigenvalue weighted by molar-refractivity contribution is -0.142. The molecule has 11 nitrogen and oxygen atoms in total. The van der Waals surface area contributed by atoms with E-state index in [-0.39, 0.29) is 12.8 Å². The van der Waals surface area contributed by atoms with Crippen molar-refractivity contribution in [3.05, 3.63) is 71.9 Å². The van der Waals surface area contributed by atoms with E-state index in [0.717, 1.165) is 22.0 Å². The van der Waals surface area contributed by atoms with E-state index in [9.17, 15) is 29.4 Å². The van der Waals surface area contributed by atoms with Crippen LogP contribution in [-0.2, 0) is 32.0 Å². The van der Waals surface area contributed by atoms with E-state index in [2.05, 4.69) is 20.9 Å². The van der Waals surface area contributed by atoms with E-state index in [4.69, 9.17) is 5.73 Å². The maximum atomic E-state index is 13.3. The monoisotopic (exact) mass is 523 g/mol. The SMILES string of the molecule is CC(NC(=O)C(N)C(C)O)C(=O)NC(Cc1c[nH]c2ccccc12)C(=O)NC(Cc1ccccc1)C(=O)O. The van der Waals surface area contributed by atoms with Gasteiger partial charge in [0.2, 0.25) is 17.7 Å². The summed E-state index contributed by atoms with van der Waals surface area (Å²) in [5.41, 5.74) is 7.94. The molecule has 0 radical (unpaired) electrons. The smallest absolute Gasteiger partial charge is 0.326 e. The second-order valence-corrected chi connectivity index (χ2v) is 9.21. The highest BCUT2D eigenvalue weighted by atomic mass is 16.4. The molecule has 5 atom stereocenters. The molecule has 1 aromatic heterocycles. The molecule has 3 rings (SSSR count). The second-order valence-electron chi connectivity index (χ2n) is 9.21. The first-order valence-corrected chi connectivity index (χ1v) is 12.2. The predicted molar refractivity (Wildman–Crippen MR) is 141 cm³/mol. The van der Waals surface area contributed by atoms with Crippen molar-refractivity contribution in [2.24, 2.45) is 5.73 Å². The van der Waals surface area contributed by atoms with Crippen LogP contribution >= 0.6 is 0 Å². The number of rotatable bonds is 12. The number of para-hydroxylation sites is 1. The first-order chi connectivity index (χ1) is 18.1. The van der Waals surface area contributed by atoms with Gasteiger partial charge in [-0.1, -0.05) is 48.5 Å². The molecule has 0 saturated carbocycles. The zero-order valence-electron chi connectivity index (χ0n) is 21.2. The molecule has 0 saturated heterocycles. The molecule has 3 aromatic rings. The number of hydrogen-bond acceptors (Lipinski definition) is 6. The molecule has 0 bridgehead atoms. The van der Waals surface area contributed by atoms with E-state index < -0.39 is 54.0 Å². The number of carboxylic acid groups (broad SMARTS) is 1. The van der Waals surface area contributed by atoms with Crippen molar-refractivity contribution in [3.8, 4) is 0 Å². The van der Waals surface area contributed by atoms with E-state index in [1.54, 1.807) is 36.5 Å². The fraction of sp³-hybridized carbons (Fsp3) is 0.333. The highest BCUT2D eigenvalue weighted by Crippen LogP contribution is 2.19. The molecule has 0 aliphatic rings. The summed E-state index contributed by atoms with van der Waals surface area (Å²) in [6.45, 7) is 2.77. The van der Waals surface area contributed by atoms with Crippen LogP contribution in [-0.4, -0.2) is 69.2 Å². The van der Waals surface area contributed by atoms with Crippen LogP contribution in [0.4, 0.5) is 0 Å². The Kier molecular flexibility index (Phi) is 9.58. The number of aromatic nitrogens is 1. The third-order valence-corrected chi connectivity index (χ3v) is 6.20. The van der Waals surface area contributed by atoms with Crippen molar-refractivity contribution in [1.29, 1.82) is 0 Å². The maximum Gasteiger partial charge on any atom is 0.326 e. The summed E-state index contributed by atoms with van der Waals surface area (Å²) in [7, 11) is 0. The highest BCUT2D eigenvalue weighted by molar-refractivity contribution is 5.94. The molecule has 11 heteroatoms. The molecule has 0 spiro atoms. The Hall–Kier alpha value is -4.22. The largest absolute Gasteiger partial charge is 0.480 e. The Morgan fingerprint density at radius 1 is 0.842 bits per heavy atom. The van der Waals surface area contributed by atoms with Crippen molar-refractivity contribution in [2.45, 2.75) is 57.0 Å². The number of fused-ring (bicyclic) bond motifs is 1. The number of H-pyrrole nitrogens is 1. The van der Waals surface area contributed by atoms with Gasteiger partial charge in [0.25, 0.3) is 0 Å². The lowest BCUT2D eigenvalue weighted by Crippen LogP contribution is -2.58. The van der Waals surface area contributed by atoms with Crippen LogP contribution in [0.15, 0.2) is 60.8 Å². The molecule has 5 unspecified atom stereocenters. The molecule has 3 amide bonds. The summed E-state index contributed by atoms with van der Waals surface area (Å²) in [4.78, 5) is 53.5. The number of aromatic amines is 1. The summed E-state index contributed by atoms with van der Waals surface area (Å²) in [5, 5.41) is 27.7. The number of carbonyl (C=O) groups is 4. The lowest BCUT2D eigenvalue weighted by atomic mass is 10.0. The Balaban J connectivity index is 1.80. The van der Waals surface area contributed by atoms with Gasteiger partial charge < -0.3 is 36.9 Å². The standard InChI is InChI=1S/C27H33N5O6/c1-15(30-26(36)23(28)16(2)33)24(34)31-21(13-18-14-29-20-11-7-6-10-19(18)20)25(35)32-22(27(37)38)12-17-8-4-3-5-9-17/h3-11,14-16,21-23,29,33H,12-13,28H2,1-2H3,(H,30,36)(H,31,34)(H,32,35)(H,37,38). The molecular formula is C27H33N5O6. The van der Waals surface area contributed by atoms with Crippen LogP contribution in [0.3, 0.4) is 0 Å². The summed E-state index contributed by atoms with van der Waals surface area (Å²) >= 11 is 0. The van der Waals surface area contributed by atoms with Crippen LogP contribution in [0, 0.1) is 0 Å². The van der Waals surface area contributed by atoms with Gasteiger partial charge in [-0.25, -0.2) is 4.79 Å². The number of nitrogens with one attached hydrogen (secondary N) is 4. The van der Waals surface area contributed by atoms with E-state index >= 15 is 0 Å². The normalized spacial score (nSPS) is 15.1. The van der Waals surface area contributed by atoms with Gasteiger partial charge in [0, 0.05) is 29.9 Å². The minimum Gasteiger partial charge on any atom is -0.480 e. The quantitative estimate of drug-likeness (QED) is 0.177. The van der Waals surface area contributed by atoms with Gasteiger partial charge in [-0.2, -0.15) is 0 Å². The molecule has 202 valence electrons. The van der Waals surface area contributed by atoms with E-state index in [1.807, 2.05) is 24.3 Å². The van der Waals surface area contributed by atoms with Crippen LogP contribution in [0.5, 0.6) is 0 Å². The zero-order chi connectivity index (χ0) is 27.8. The number of nitrogens with two attached hydrogens (primary N) is 1.